The molecule has 0 saturated heterocycles. The summed E-state index contributed by atoms with van der Waals surface area (Å²) in [7, 11) is 0.967. The molecule has 0 aromatic carbocycles. The molecule has 0 bridgehead atoms. The van der Waals surface area contributed by atoms with E-state index in [9.17, 15) is 4.39 Å². The maximum Gasteiger partial charge on any atom is 0.0836 e. The molecule has 0 aromatic rings. The summed E-state index contributed by atoms with van der Waals surface area (Å²) in [6.07, 6.45) is 5.60. The van der Waals surface area contributed by atoms with E-state index in [4.69, 9.17) is 0 Å². The van der Waals surface area contributed by atoms with Gasteiger partial charge in [-0.3, -0.25) is 0 Å². The monoisotopic (exact) mass is 118 g/mol. The van der Waals surface area contributed by atoms with Crippen LogP contribution in [0.15, 0.2) is 12.4 Å². The molecule has 0 aliphatic rings. The number of hydrogen-bond donors (Lipinski definition) is 0. The van der Waals surface area contributed by atoms with Gasteiger partial charge in [0.15, 0.2) is 0 Å². The van der Waals surface area contributed by atoms with E-state index >= 15 is 0 Å². The molecule has 0 fully saturated rings. The Morgan fingerprint density at radius 1 is 1.86 bits per heavy atom. The van der Waals surface area contributed by atoms with Crippen LogP contribution in [0.4, 0.5) is 4.39 Å². The van der Waals surface area contributed by atoms with Gasteiger partial charge in [0.1, 0.15) is 0 Å². The third-order valence-electron chi connectivity index (χ3n) is 0.639. The first kappa shape index (κ1) is 6.84. The van der Waals surface area contributed by atoms with Crippen LogP contribution in [0.25, 0.3) is 0 Å². The summed E-state index contributed by atoms with van der Waals surface area (Å²) >= 11 is 0. The van der Waals surface area contributed by atoms with Crippen molar-refractivity contribution in [1.82, 2.24) is 0 Å². The molecule has 0 aromatic heterocycles. The Labute approximate surface area is 44.8 Å². The highest BCUT2D eigenvalue weighted by molar-refractivity contribution is 7.37. The van der Waals surface area contributed by atoms with Gasteiger partial charge in [-0.15, -0.1) is 8.20 Å². The summed E-state index contributed by atoms with van der Waals surface area (Å²) in [6, 6.07) is 0. The van der Waals surface area contributed by atoms with Crippen molar-refractivity contribution in [3.05, 3.63) is 12.4 Å². The summed E-state index contributed by atoms with van der Waals surface area (Å²) in [5.74, 6) is 0. The Morgan fingerprint density at radius 2 is 2.43 bits per heavy atom. The third kappa shape index (κ3) is 3.68. The highest BCUT2D eigenvalue weighted by Gasteiger charge is 1.83. The molecular formula is C5H8FP. The maximum atomic E-state index is 11.2. The van der Waals surface area contributed by atoms with E-state index in [-0.39, 0.29) is 5.66 Å². The smallest absolute Gasteiger partial charge is 0.0836 e. The standard InChI is InChI=1S/C5H8FP/c1-5(7-2)3-4-6/h3-5H,2H2,1H3/b4-3+/t5-/m1/s1. The van der Waals surface area contributed by atoms with E-state index in [1.807, 2.05) is 6.92 Å². The highest BCUT2D eigenvalue weighted by atomic mass is 31.1. The van der Waals surface area contributed by atoms with E-state index < -0.39 is 0 Å². The first-order chi connectivity index (χ1) is 3.31. The number of allylic oxidation sites excluding steroid dienone is 1. The molecule has 0 heterocycles. The average molecular weight is 118 g/mol. The minimum Gasteiger partial charge on any atom is -0.216 e. The normalized spacial score (nSPS) is 15.7. The van der Waals surface area contributed by atoms with E-state index in [2.05, 4.69) is 6.30 Å². The van der Waals surface area contributed by atoms with E-state index in [0.29, 0.717) is 6.33 Å². The van der Waals surface area contributed by atoms with Crippen molar-refractivity contribution in [2.45, 2.75) is 12.6 Å². The van der Waals surface area contributed by atoms with Crippen molar-refractivity contribution in [3.8, 4) is 0 Å². The highest BCUT2D eigenvalue weighted by Crippen LogP contribution is 2.04. The molecule has 0 aliphatic carbocycles. The molecule has 2 heteroatoms. The lowest BCUT2D eigenvalue weighted by Gasteiger charge is -1.88. The second-order valence-electron chi connectivity index (χ2n) is 1.24. The van der Waals surface area contributed by atoms with Crippen LogP contribution >= 0.6 is 8.20 Å². The van der Waals surface area contributed by atoms with Crippen LogP contribution in [0.1, 0.15) is 6.92 Å². The van der Waals surface area contributed by atoms with E-state index in [0.717, 1.165) is 8.20 Å². The average Bonchev–Trinajstić information content (AvgIpc) is 1.68. The molecular weight excluding hydrogens is 110 g/mol. The van der Waals surface area contributed by atoms with Crippen LogP contribution < -0.4 is 0 Å². The topological polar surface area (TPSA) is 0 Å². The largest absolute Gasteiger partial charge is 0.216 e. The predicted octanol–water partition coefficient (Wildman–Crippen LogP) is 2.24. The summed E-state index contributed by atoms with van der Waals surface area (Å²) in [4.78, 5) is 0. The first-order valence-electron chi connectivity index (χ1n) is 2.04. The Morgan fingerprint density at radius 3 is 2.57 bits per heavy atom. The zero-order chi connectivity index (χ0) is 5.70. The molecule has 0 amide bonds. The molecule has 7 heavy (non-hydrogen) atoms. The van der Waals surface area contributed by atoms with Gasteiger partial charge in [0.25, 0.3) is 0 Å². The molecule has 1 atom stereocenters. The van der Waals surface area contributed by atoms with Crippen molar-refractivity contribution in [2.75, 3.05) is 0 Å². The first-order valence-corrected chi connectivity index (χ1v) is 3.19. The Bertz CT molecular complexity index is 78.1. The van der Waals surface area contributed by atoms with Gasteiger partial charge in [0.2, 0.25) is 0 Å². The van der Waals surface area contributed by atoms with Gasteiger partial charge in [0.05, 0.1) is 6.33 Å². The quantitative estimate of drug-likeness (QED) is 0.488. The molecule has 0 aliphatic heterocycles. The fourth-order valence-electron chi connectivity index (χ4n) is 0.166. The van der Waals surface area contributed by atoms with Gasteiger partial charge in [-0.1, -0.05) is 13.2 Å². The number of hydrogen-bond acceptors (Lipinski definition) is 0. The minimum atomic E-state index is 0.255. The summed E-state index contributed by atoms with van der Waals surface area (Å²) < 4.78 is 11.2. The Hall–Kier alpha value is -0.160. The fraction of sp³-hybridized carbons (Fsp3) is 0.400. The van der Waals surface area contributed by atoms with Gasteiger partial charge in [-0.2, -0.15) is 0 Å². The lowest BCUT2D eigenvalue weighted by molar-refractivity contribution is 0.716. The van der Waals surface area contributed by atoms with Gasteiger partial charge in [-0.05, 0) is 6.08 Å². The fourth-order valence-corrected chi connectivity index (χ4v) is 0.353. The van der Waals surface area contributed by atoms with Crippen LogP contribution in [0, 0.1) is 0 Å². The van der Waals surface area contributed by atoms with Crippen molar-refractivity contribution in [3.63, 3.8) is 0 Å². The second kappa shape index (κ2) is 4.01. The van der Waals surface area contributed by atoms with Crippen LogP contribution in [-0.2, 0) is 0 Å². The molecule has 0 unspecified atom stereocenters. The van der Waals surface area contributed by atoms with Crippen LogP contribution in [0.5, 0.6) is 0 Å². The minimum absolute atomic E-state index is 0.255. The van der Waals surface area contributed by atoms with Crippen LogP contribution in [0.3, 0.4) is 0 Å². The van der Waals surface area contributed by atoms with Gasteiger partial charge < -0.3 is 0 Å². The molecule has 0 spiro atoms. The van der Waals surface area contributed by atoms with E-state index in [1.165, 1.54) is 6.08 Å². The van der Waals surface area contributed by atoms with Gasteiger partial charge in [-0.25, -0.2) is 4.39 Å². The third-order valence-corrected chi connectivity index (χ3v) is 1.39. The molecule has 0 nitrogen and oxygen atoms in total. The van der Waals surface area contributed by atoms with Crippen molar-refractivity contribution in [1.29, 1.82) is 0 Å². The van der Waals surface area contributed by atoms with E-state index in [1.54, 1.807) is 0 Å². The van der Waals surface area contributed by atoms with Crippen LogP contribution in [-0.4, -0.2) is 12.0 Å². The molecule has 0 saturated carbocycles. The zero-order valence-electron chi connectivity index (χ0n) is 4.26. The predicted molar refractivity (Wildman–Crippen MR) is 33.8 cm³/mol. The van der Waals surface area contributed by atoms with Crippen LogP contribution in [0.2, 0.25) is 0 Å². The maximum absolute atomic E-state index is 11.2. The Balaban J connectivity index is 3.35. The molecule has 0 N–H and O–H groups in total. The van der Waals surface area contributed by atoms with Crippen molar-refractivity contribution >= 4 is 14.5 Å². The Kier molecular flexibility index (Phi) is 3.92. The lowest BCUT2D eigenvalue weighted by Crippen LogP contribution is -1.78. The summed E-state index contributed by atoms with van der Waals surface area (Å²) in [5.41, 5.74) is 0.255. The summed E-state index contributed by atoms with van der Waals surface area (Å²) in [5, 5.41) is 0. The van der Waals surface area contributed by atoms with Crippen molar-refractivity contribution < 1.29 is 4.39 Å². The second-order valence-corrected chi connectivity index (χ2v) is 2.42. The van der Waals surface area contributed by atoms with Gasteiger partial charge in [0, 0.05) is 5.66 Å². The SMILES string of the molecule is C=P[C@H](C)/C=C/F. The molecule has 0 rings (SSSR count). The molecule has 0 radical (unpaired) electrons. The van der Waals surface area contributed by atoms with Crippen molar-refractivity contribution in [2.24, 2.45) is 0 Å². The number of rotatable bonds is 2. The number of halogens is 1. The summed E-state index contributed by atoms with van der Waals surface area (Å²) in [6.45, 7) is 1.91. The zero-order valence-corrected chi connectivity index (χ0v) is 5.16. The lowest BCUT2D eigenvalue weighted by atomic mass is 10.5. The molecule has 40 valence electrons. The van der Waals surface area contributed by atoms with Gasteiger partial charge >= 0.3 is 0 Å².